The summed E-state index contributed by atoms with van der Waals surface area (Å²) in [6.07, 6.45) is 0.882. The lowest BCUT2D eigenvalue weighted by Crippen LogP contribution is -1.99. The predicted octanol–water partition coefficient (Wildman–Crippen LogP) is 3.15. The molecule has 0 heterocycles. The van der Waals surface area contributed by atoms with Crippen molar-refractivity contribution in [1.29, 1.82) is 0 Å². The first-order valence-corrected chi connectivity index (χ1v) is 6.72. The Kier molecular flexibility index (Phi) is 5.35. The molecule has 0 radical (unpaired) electrons. The topological polar surface area (TPSA) is 55.8 Å². The van der Waals surface area contributed by atoms with Crippen molar-refractivity contribution in [2.75, 3.05) is 13.7 Å². The predicted molar refractivity (Wildman–Crippen MR) is 79.8 cm³/mol. The van der Waals surface area contributed by atoms with Gasteiger partial charge in [-0.3, -0.25) is 0 Å². The molecule has 21 heavy (non-hydrogen) atoms. The van der Waals surface area contributed by atoms with Gasteiger partial charge in [-0.15, -0.1) is 0 Å². The van der Waals surface area contributed by atoms with Crippen LogP contribution in [0.1, 0.15) is 21.5 Å². The van der Waals surface area contributed by atoms with Gasteiger partial charge in [0.2, 0.25) is 0 Å². The zero-order chi connectivity index (χ0) is 15.1. The summed E-state index contributed by atoms with van der Waals surface area (Å²) in [6, 6.07) is 14.6. The minimum Gasteiger partial charge on any atom is -0.489 e. The van der Waals surface area contributed by atoms with Crippen molar-refractivity contribution >= 4 is 5.97 Å². The second kappa shape index (κ2) is 7.45. The molecule has 0 fully saturated rings. The molecule has 110 valence electrons. The van der Waals surface area contributed by atoms with Crippen molar-refractivity contribution in [2.45, 2.75) is 13.0 Å². The van der Waals surface area contributed by atoms with Crippen LogP contribution in [-0.4, -0.2) is 24.8 Å². The van der Waals surface area contributed by atoms with E-state index in [9.17, 15) is 4.79 Å². The van der Waals surface area contributed by atoms with Crippen LogP contribution in [0.5, 0.6) is 5.75 Å². The van der Waals surface area contributed by atoms with E-state index in [4.69, 9.17) is 14.6 Å². The summed E-state index contributed by atoms with van der Waals surface area (Å²) < 4.78 is 10.7. The summed E-state index contributed by atoms with van der Waals surface area (Å²) in [7, 11) is 1.69. The lowest BCUT2D eigenvalue weighted by molar-refractivity contribution is 0.0697. The van der Waals surface area contributed by atoms with E-state index in [0.29, 0.717) is 13.2 Å². The van der Waals surface area contributed by atoms with Gasteiger partial charge in [0, 0.05) is 7.11 Å². The van der Waals surface area contributed by atoms with Crippen LogP contribution in [0, 0.1) is 0 Å². The summed E-state index contributed by atoms with van der Waals surface area (Å²) in [6.45, 7) is 1.12. The van der Waals surface area contributed by atoms with Crippen molar-refractivity contribution in [1.82, 2.24) is 0 Å². The first-order chi connectivity index (χ1) is 10.2. The molecule has 2 rings (SSSR count). The molecule has 0 aliphatic rings. The molecule has 2 aromatic rings. The molecule has 0 atom stereocenters. The molecule has 0 amide bonds. The lowest BCUT2D eigenvalue weighted by Gasteiger charge is -2.07. The number of rotatable bonds is 7. The van der Waals surface area contributed by atoms with Gasteiger partial charge in [0.25, 0.3) is 0 Å². The molecule has 0 saturated heterocycles. The van der Waals surface area contributed by atoms with Crippen LogP contribution in [0.3, 0.4) is 0 Å². The summed E-state index contributed by atoms with van der Waals surface area (Å²) in [4.78, 5) is 10.8. The molecular formula is C17H18O4. The van der Waals surface area contributed by atoms with Gasteiger partial charge < -0.3 is 14.6 Å². The van der Waals surface area contributed by atoms with Gasteiger partial charge in [-0.1, -0.05) is 24.3 Å². The zero-order valence-corrected chi connectivity index (χ0v) is 11.9. The third kappa shape index (κ3) is 4.61. The minimum atomic E-state index is -0.922. The van der Waals surface area contributed by atoms with Crippen molar-refractivity contribution in [3.8, 4) is 5.75 Å². The van der Waals surface area contributed by atoms with Crippen LogP contribution >= 0.6 is 0 Å². The first kappa shape index (κ1) is 15.1. The third-order valence-corrected chi connectivity index (χ3v) is 3.12. The van der Waals surface area contributed by atoms with E-state index in [-0.39, 0.29) is 5.56 Å². The highest BCUT2D eigenvalue weighted by Gasteiger charge is 2.02. The summed E-state index contributed by atoms with van der Waals surface area (Å²) >= 11 is 0. The number of aromatic carboxylic acids is 1. The van der Waals surface area contributed by atoms with E-state index in [0.717, 1.165) is 17.7 Å². The first-order valence-electron chi connectivity index (χ1n) is 6.72. The molecule has 0 saturated carbocycles. The number of carboxylic acid groups (broad SMARTS) is 1. The van der Waals surface area contributed by atoms with Crippen molar-refractivity contribution in [2.24, 2.45) is 0 Å². The molecule has 4 nitrogen and oxygen atoms in total. The Morgan fingerprint density at radius 2 is 1.62 bits per heavy atom. The van der Waals surface area contributed by atoms with Gasteiger partial charge in [0.1, 0.15) is 12.4 Å². The Bertz CT molecular complexity index is 573. The molecule has 4 heteroatoms. The number of hydrogen-bond acceptors (Lipinski definition) is 3. The monoisotopic (exact) mass is 286 g/mol. The van der Waals surface area contributed by atoms with Crippen LogP contribution in [0.15, 0.2) is 48.5 Å². The third-order valence-electron chi connectivity index (χ3n) is 3.12. The molecule has 2 aromatic carbocycles. The van der Waals surface area contributed by atoms with E-state index < -0.39 is 5.97 Å². The number of ether oxygens (including phenoxy) is 2. The van der Waals surface area contributed by atoms with Crippen LogP contribution < -0.4 is 4.74 Å². The van der Waals surface area contributed by atoms with Gasteiger partial charge in [-0.05, 0) is 41.8 Å². The second-order valence-electron chi connectivity index (χ2n) is 4.68. The highest BCUT2D eigenvalue weighted by molar-refractivity contribution is 5.87. The highest BCUT2D eigenvalue weighted by atomic mass is 16.5. The van der Waals surface area contributed by atoms with E-state index >= 15 is 0 Å². The standard InChI is InChI=1S/C17H18O4/c1-20-11-10-13-4-8-16(9-5-13)21-12-14-2-6-15(7-3-14)17(18)19/h2-9H,10-12H2,1H3,(H,18,19). The van der Waals surface area contributed by atoms with Gasteiger partial charge in [0.15, 0.2) is 0 Å². The maximum Gasteiger partial charge on any atom is 0.335 e. The number of carbonyl (C=O) groups is 1. The average molecular weight is 286 g/mol. The Hall–Kier alpha value is -2.33. The largest absolute Gasteiger partial charge is 0.489 e. The van der Waals surface area contributed by atoms with Crippen LogP contribution in [0.4, 0.5) is 0 Å². The summed E-state index contributed by atoms with van der Waals surface area (Å²) in [5, 5.41) is 8.83. The molecule has 0 aliphatic heterocycles. The van der Waals surface area contributed by atoms with Crippen LogP contribution in [0.2, 0.25) is 0 Å². The Balaban J connectivity index is 1.88. The Morgan fingerprint density at radius 1 is 1.00 bits per heavy atom. The molecular weight excluding hydrogens is 268 g/mol. The normalized spacial score (nSPS) is 10.3. The fraction of sp³-hybridized carbons (Fsp3) is 0.235. The van der Waals surface area contributed by atoms with E-state index in [2.05, 4.69) is 0 Å². The SMILES string of the molecule is COCCc1ccc(OCc2ccc(C(=O)O)cc2)cc1. The number of methoxy groups -OCH3 is 1. The summed E-state index contributed by atoms with van der Waals surface area (Å²) in [5.41, 5.74) is 2.42. The van der Waals surface area contributed by atoms with Gasteiger partial charge in [0.05, 0.1) is 12.2 Å². The quantitative estimate of drug-likeness (QED) is 0.849. The Morgan fingerprint density at radius 3 is 2.19 bits per heavy atom. The van der Waals surface area contributed by atoms with E-state index in [1.54, 1.807) is 31.4 Å². The maximum absolute atomic E-state index is 10.8. The van der Waals surface area contributed by atoms with Gasteiger partial charge in [-0.25, -0.2) is 4.79 Å². The zero-order valence-electron chi connectivity index (χ0n) is 11.9. The maximum atomic E-state index is 10.8. The number of carboxylic acids is 1. The van der Waals surface area contributed by atoms with Gasteiger partial charge in [-0.2, -0.15) is 0 Å². The molecule has 0 spiro atoms. The Labute approximate surface area is 123 Å². The summed E-state index contributed by atoms with van der Waals surface area (Å²) in [5.74, 6) is -0.132. The molecule has 0 bridgehead atoms. The number of hydrogen-bond donors (Lipinski definition) is 1. The van der Waals surface area contributed by atoms with Crippen LogP contribution in [0.25, 0.3) is 0 Å². The lowest BCUT2D eigenvalue weighted by atomic mass is 10.1. The smallest absolute Gasteiger partial charge is 0.335 e. The highest BCUT2D eigenvalue weighted by Crippen LogP contribution is 2.15. The second-order valence-corrected chi connectivity index (χ2v) is 4.68. The molecule has 1 N–H and O–H groups in total. The fourth-order valence-electron chi connectivity index (χ4n) is 1.88. The molecule has 0 unspecified atom stereocenters. The fourth-order valence-corrected chi connectivity index (χ4v) is 1.88. The van der Waals surface area contributed by atoms with E-state index in [1.165, 1.54) is 5.56 Å². The van der Waals surface area contributed by atoms with Gasteiger partial charge >= 0.3 is 5.97 Å². The minimum absolute atomic E-state index is 0.279. The van der Waals surface area contributed by atoms with Crippen molar-refractivity contribution < 1.29 is 19.4 Å². The van der Waals surface area contributed by atoms with Crippen molar-refractivity contribution in [3.05, 3.63) is 65.2 Å². The average Bonchev–Trinajstić information content (AvgIpc) is 2.52. The van der Waals surface area contributed by atoms with E-state index in [1.807, 2.05) is 24.3 Å². The van der Waals surface area contributed by atoms with Crippen LogP contribution in [-0.2, 0) is 17.8 Å². The number of benzene rings is 2. The molecule has 0 aliphatic carbocycles. The molecule has 0 aromatic heterocycles. The van der Waals surface area contributed by atoms with Crippen molar-refractivity contribution in [3.63, 3.8) is 0 Å².